The number of fused-ring (bicyclic) bond motifs is 6. The van der Waals surface area contributed by atoms with E-state index in [9.17, 15) is 0 Å². The third kappa shape index (κ3) is 4.18. The van der Waals surface area contributed by atoms with Crippen molar-refractivity contribution in [2.75, 3.05) is 0 Å². The summed E-state index contributed by atoms with van der Waals surface area (Å²) in [7, 11) is 0. The minimum atomic E-state index is 0.0802. The van der Waals surface area contributed by atoms with Gasteiger partial charge in [0.15, 0.2) is 0 Å². The second-order valence-electron chi connectivity index (χ2n) is 15.7. The molecule has 1 aliphatic rings. The van der Waals surface area contributed by atoms with Crippen LogP contribution in [0.5, 0.6) is 0 Å². The van der Waals surface area contributed by atoms with Gasteiger partial charge in [0, 0.05) is 38.8 Å². The fourth-order valence-electron chi connectivity index (χ4n) is 9.18. The molecule has 0 aliphatic heterocycles. The molecule has 52 heavy (non-hydrogen) atoms. The quantitative estimate of drug-likeness (QED) is 0.166. The summed E-state index contributed by atoms with van der Waals surface area (Å²) in [6.45, 7) is 6.92. The average Bonchev–Trinajstić information content (AvgIpc) is 3.69. The summed E-state index contributed by atoms with van der Waals surface area (Å²) in [6.07, 6.45) is 6.73. The van der Waals surface area contributed by atoms with E-state index in [1.165, 1.54) is 104 Å². The summed E-state index contributed by atoms with van der Waals surface area (Å²) >= 11 is 0. The summed E-state index contributed by atoms with van der Waals surface area (Å²) in [6, 6.07) is 52.7. The summed E-state index contributed by atoms with van der Waals surface area (Å²) < 4.78 is 5.01. The Bertz CT molecular complexity index is 3030. The van der Waals surface area contributed by atoms with Crippen LogP contribution in [0.15, 0.2) is 146 Å². The maximum Gasteiger partial charge on any atom is 0.0541 e. The number of benzene rings is 8. The van der Waals surface area contributed by atoms with Crippen molar-refractivity contribution >= 4 is 71.1 Å². The van der Waals surface area contributed by atoms with E-state index in [2.05, 4.69) is 182 Å². The lowest BCUT2D eigenvalue weighted by Gasteiger charge is -2.22. The minimum Gasteiger partial charge on any atom is -0.313 e. The van der Waals surface area contributed by atoms with Crippen LogP contribution < -0.4 is 0 Å². The lowest BCUT2D eigenvalue weighted by molar-refractivity contribution is 0.591. The van der Waals surface area contributed by atoms with Crippen LogP contribution in [-0.4, -0.2) is 9.13 Å². The molecule has 0 saturated heterocycles. The Kier molecular flexibility index (Phi) is 6.09. The van der Waals surface area contributed by atoms with E-state index in [0.29, 0.717) is 0 Å². The number of aromatic nitrogens is 2. The van der Waals surface area contributed by atoms with Gasteiger partial charge in [0.2, 0.25) is 0 Å². The van der Waals surface area contributed by atoms with Crippen molar-refractivity contribution in [3.8, 4) is 22.5 Å². The van der Waals surface area contributed by atoms with Crippen molar-refractivity contribution in [1.29, 1.82) is 0 Å². The Hall–Kier alpha value is -6.12. The monoisotopic (exact) mass is 666 g/mol. The standard InChI is InChI=1S/C50H38N2/c1-50(2,3)35-26-32-21-20-31-22-24-38(43-25-23-33(27-35)48(32)49(31)43)34-28-36(51-44-16-8-4-12-39(44)40-13-5-9-17-45(40)51)30-37(29-34)52-46-18-10-6-14-41(46)42-15-7-11-19-47(42)52/h4-10,12-18,20-30H,11,19H2,1-3H3. The fourth-order valence-corrected chi connectivity index (χ4v) is 9.18. The van der Waals surface area contributed by atoms with Crippen molar-refractivity contribution in [3.63, 3.8) is 0 Å². The van der Waals surface area contributed by atoms with Gasteiger partial charge in [-0.05, 0) is 104 Å². The van der Waals surface area contributed by atoms with E-state index in [-0.39, 0.29) is 5.41 Å². The van der Waals surface area contributed by atoms with E-state index in [0.717, 1.165) is 12.8 Å². The van der Waals surface area contributed by atoms with Crippen LogP contribution in [-0.2, 0) is 11.8 Å². The molecule has 0 atom stereocenters. The van der Waals surface area contributed by atoms with Crippen LogP contribution in [0.4, 0.5) is 0 Å². The number of rotatable bonds is 3. The van der Waals surface area contributed by atoms with Gasteiger partial charge < -0.3 is 9.13 Å². The Morgan fingerprint density at radius 1 is 0.500 bits per heavy atom. The van der Waals surface area contributed by atoms with Crippen LogP contribution in [0, 0.1) is 0 Å². The molecule has 0 amide bonds. The van der Waals surface area contributed by atoms with E-state index >= 15 is 0 Å². The average molecular weight is 667 g/mol. The second-order valence-corrected chi connectivity index (χ2v) is 15.7. The molecular formula is C50H38N2. The molecule has 0 spiro atoms. The molecule has 0 bridgehead atoms. The van der Waals surface area contributed by atoms with Gasteiger partial charge in [0.1, 0.15) is 0 Å². The first-order chi connectivity index (χ1) is 25.4. The molecule has 2 heterocycles. The van der Waals surface area contributed by atoms with Gasteiger partial charge in [-0.2, -0.15) is 0 Å². The molecule has 0 fully saturated rings. The zero-order valence-electron chi connectivity index (χ0n) is 29.7. The highest BCUT2D eigenvalue weighted by Crippen LogP contribution is 2.43. The Morgan fingerprint density at radius 3 is 1.77 bits per heavy atom. The van der Waals surface area contributed by atoms with Crippen molar-refractivity contribution in [2.45, 2.75) is 39.0 Å². The molecule has 2 nitrogen and oxygen atoms in total. The third-order valence-electron chi connectivity index (χ3n) is 11.6. The Morgan fingerprint density at radius 2 is 1.08 bits per heavy atom. The summed E-state index contributed by atoms with van der Waals surface area (Å²) in [4.78, 5) is 0. The molecule has 8 aromatic carbocycles. The molecule has 0 unspecified atom stereocenters. The van der Waals surface area contributed by atoms with E-state index in [1.807, 2.05) is 0 Å². The first-order valence-electron chi connectivity index (χ1n) is 18.6. The maximum atomic E-state index is 2.54. The van der Waals surface area contributed by atoms with E-state index in [4.69, 9.17) is 0 Å². The van der Waals surface area contributed by atoms with Gasteiger partial charge in [-0.25, -0.2) is 0 Å². The maximum absolute atomic E-state index is 2.54. The summed E-state index contributed by atoms with van der Waals surface area (Å²) in [5, 5.41) is 11.8. The predicted octanol–water partition coefficient (Wildman–Crippen LogP) is 13.5. The van der Waals surface area contributed by atoms with Gasteiger partial charge in [-0.1, -0.05) is 136 Å². The van der Waals surface area contributed by atoms with Crippen LogP contribution in [0.1, 0.15) is 44.0 Å². The SMILES string of the molecule is CC(C)(C)c1cc2ccc3ccc(-c4cc(-n5c6c(c7ccccc75)C=CCC6)cc(-n5c6ccccc6c6ccccc65)c4)c4ccc(c1)c2c34. The van der Waals surface area contributed by atoms with Crippen molar-refractivity contribution in [2.24, 2.45) is 0 Å². The molecular weight excluding hydrogens is 629 g/mol. The zero-order chi connectivity index (χ0) is 34.7. The fraction of sp³-hybridized carbons (Fsp3) is 0.120. The molecule has 2 aromatic heterocycles. The molecule has 248 valence electrons. The van der Waals surface area contributed by atoms with Crippen molar-refractivity contribution in [3.05, 3.63) is 162 Å². The highest BCUT2D eigenvalue weighted by molar-refractivity contribution is 6.25. The number of hydrogen-bond donors (Lipinski definition) is 0. The number of nitrogens with zero attached hydrogens (tertiary/aromatic N) is 2. The highest BCUT2D eigenvalue weighted by atomic mass is 15.0. The van der Waals surface area contributed by atoms with Crippen LogP contribution in [0.3, 0.4) is 0 Å². The van der Waals surface area contributed by atoms with Crippen LogP contribution in [0.25, 0.3) is 93.6 Å². The highest BCUT2D eigenvalue weighted by Gasteiger charge is 2.22. The minimum absolute atomic E-state index is 0.0802. The molecule has 10 aromatic rings. The molecule has 0 saturated carbocycles. The molecule has 11 rings (SSSR count). The third-order valence-corrected chi connectivity index (χ3v) is 11.6. The van der Waals surface area contributed by atoms with Crippen LogP contribution in [0.2, 0.25) is 0 Å². The zero-order valence-corrected chi connectivity index (χ0v) is 29.7. The summed E-state index contributed by atoms with van der Waals surface area (Å²) in [5.74, 6) is 0. The Balaban J connectivity index is 1.25. The van der Waals surface area contributed by atoms with Gasteiger partial charge in [-0.15, -0.1) is 0 Å². The second kappa shape index (κ2) is 10.7. The smallest absolute Gasteiger partial charge is 0.0541 e. The number of para-hydroxylation sites is 3. The molecule has 0 N–H and O–H groups in total. The van der Waals surface area contributed by atoms with Gasteiger partial charge in [0.05, 0.1) is 16.6 Å². The predicted molar refractivity (Wildman–Crippen MR) is 223 cm³/mol. The lowest BCUT2D eigenvalue weighted by atomic mass is 9.82. The normalized spacial score (nSPS) is 13.4. The van der Waals surface area contributed by atoms with E-state index < -0.39 is 0 Å². The molecule has 1 aliphatic carbocycles. The number of allylic oxidation sites excluding steroid dienone is 1. The van der Waals surface area contributed by atoms with Gasteiger partial charge in [-0.3, -0.25) is 0 Å². The summed E-state index contributed by atoms with van der Waals surface area (Å²) in [5.41, 5.74) is 12.7. The molecule has 0 radical (unpaired) electrons. The first kappa shape index (κ1) is 29.6. The van der Waals surface area contributed by atoms with E-state index in [1.54, 1.807) is 0 Å². The largest absolute Gasteiger partial charge is 0.313 e. The van der Waals surface area contributed by atoms with Gasteiger partial charge >= 0.3 is 0 Å². The van der Waals surface area contributed by atoms with Gasteiger partial charge in [0.25, 0.3) is 0 Å². The number of hydrogen-bond acceptors (Lipinski definition) is 0. The topological polar surface area (TPSA) is 9.86 Å². The Labute approximate surface area is 303 Å². The van der Waals surface area contributed by atoms with Crippen molar-refractivity contribution in [1.82, 2.24) is 9.13 Å². The van der Waals surface area contributed by atoms with Crippen LogP contribution >= 0.6 is 0 Å². The molecule has 2 heteroatoms. The lowest BCUT2D eigenvalue weighted by Crippen LogP contribution is -2.10. The first-order valence-corrected chi connectivity index (χ1v) is 18.6. The van der Waals surface area contributed by atoms with Crippen molar-refractivity contribution < 1.29 is 0 Å².